The SMILES string of the molecule is CC(C)NCCCS(=O)(=O)NC1CCCN(C)C1. The van der Waals surface area contributed by atoms with E-state index in [1.807, 2.05) is 7.05 Å². The Morgan fingerprint density at radius 2 is 2.11 bits per heavy atom. The maximum Gasteiger partial charge on any atom is 0.211 e. The highest BCUT2D eigenvalue weighted by molar-refractivity contribution is 7.89. The summed E-state index contributed by atoms with van der Waals surface area (Å²) in [5, 5.41) is 3.23. The van der Waals surface area contributed by atoms with Crippen molar-refractivity contribution in [1.29, 1.82) is 0 Å². The molecule has 1 fully saturated rings. The van der Waals surface area contributed by atoms with E-state index in [9.17, 15) is 8.42 Å². The summed E-state index contributed by atoms with van der Waals surface area (Å²) in [5.74, 6) is 0.215. The fourth-order valence-corrected chi connectivity index (χ4v) is 3.57. The molecule has 1 aliphatic heterocycles. The molecular formula is C12H27N3O2S. The van der Waals surface area contributed by atoms with Crippen LogP contribution in [-0.4, -0.2) is 57.8 Å². The molecule has 0 aromatic carbocycles. The predicted molar refractivity (Wildman–Crippen MR) is 75.2 cm³/mol. The monoisotopic (exact) mass is 277 g/mol. The van der Waals surface area contributed by atoms with Gasteiger partial charge in [0.25, 0.3) is 0 Å². The number of hydrogen-bond donors (Lipinski definition) is 2. The number of sulfonamides is 1. The number of piperidine rings is 1. The molecule has 6 heteroatoms. The maximum atomic E-state index is 11.9. The summed E-state index contributed by atoms with van der Waals surface area (Å²) in [6, 6.07) is 0.500. The third kappa shape index (κ3) is 6.68. The van der Waals surface area contributed by atoms with E-state index in [0.717, 1.165) is 32.5 Å². The molecule has 1 rings (SSSR count). The molecule has 0 saturated carbocycles. The normalized spacial score (nSPS) is 22.6. The first-order valence-corrected chi connectivity index (χ1v) is 8.46. The molecule has 18 heavy (non-hydrogen) atoms. The number of likely N-dealkylation sites (N-methyl/N-ethyl adjacent to an activating group) is 1. The molecule has 1 unspecified atom stereocenters. The zero-order valence-electron chi connectivity index (χ0n) is 11.8. The first-order chi connectivity index (χ1) is 8.39. The highest BCUT2D eigenvalue weighted by Crippen LogP contribution is 2.09. The van der Waals surface area contributed by atoms with Crippen molar-refractivity contribution >= 4 is 10.0 Å². The van der Waals surface area contributed by atoms with Crippen LogP contribution in [0.2, 0.25) is 0 Å². The molecule has 0 bridgehead atoms. The molecule has 108 valence electrons. The van der Waals surface area contributed by atoms with Gasteiger partial charge in [-0.1, -0.05) is 13.8 Å². The molecule has 0 spiro atoms. The van der Waals surface area contributed by atoms with Crippen LogP contribution in [0.4, 0.5) is 0 Å². The number of likely N-dealkylation sites (tertiary alicyclic amines) is 1. The summed E-state index contributed by atoms with van der Waals surface area (Å²) in [4.78, 5) is 2.18. The van der Waals surface area contributed by atoms with Gasteiger partial charge in [-0.3, -0.25) is 0 Å². The Morgan fingerprint density at radius 3 is 2.72 bits per heavy atom. The number of nitrogens with zero attached hydrogens (tertiary/aromatic N) is 1. The summed E-state index contributed by atoms with van der Waals surface area (Å²) in [6.07, 6.45) is 2.68. The van der Waals surface area contributed by atoms with E-state index >= 15 is 0 Å². The summed E-state index contributed by atoms with van der Waals surface area (Å²) in [7, 11) is -1.08. The van der Waals surface area contributed by atoms with Crippen molar-refractivity contribution in [3.8, 4) is 0 Å². The van der Waals surface area contributed by atoms with Crippen molar-refractivity contribution in [1.82, 2.24) is 14.9 Å². The Labute approximate surface area is 111 Å². The van der Waals surface area contributed by atoms with Gasteiger partial charge in [0.1, 0.15) is 0 Å². The van der Waals surface area contributed by atoms with Crippen molar-refractivity contribution in [2.24, 2.45) is 0 Å². The fraction of sp³-hybridized carbons (Fsp3) is 1.00. The summed E-state index contributed by atoms with van der Waals surface area (Å²) in [5.41, 5.74) is 0. The van der Waals surface area contributed by atoms with Crippen LogP contribution in [0.25, 0.3) is 0 Å². The number of rotatable bonds is 7. The third-order valence-electron chi connectivity index (χ3n) is 3.11. The molecule has 0 aliphatic carbocycles. The molecule has 2 N–H and O–H groups in total. The van der Waals surface area contributed by atoms with Crippen molar-refractivity contribution in [3.05, 3.63) is 0 Å². The molecule has 0 aromatic rings. The lowest BCUT2D eigenvalue weighted by Crippen LogP contribution is -2.47. The smallest absolute Gasteiger partial charge is 0.211 e. The zero-order chi connectivity index (χ0) is 13.6. The van der Waals surface area contributed by atoms with E-state index in [2.05, 4.69) is 28.8 Å². The van der Waals surface area contributed by atoms with Crippen molar-refractivity contribution in [2.45, 2.75) is 45.2 Å². The Hall–Kier alpha value is -0.170. The first kappa shape index (κ1) is 15.9. The second-order valence-corrected chi connectivity index (χ2v) is 7.37. The van der Waals surface area contributed by atoms with Crippen molar-refractivity contribution in [3.63, 3.8) is 0 Å². The van der Waals surface area contributed by atoms with E-state index in [0.29, 0.717) is 12.5 Å². The van der Waals surface area contributed by atoms with Gasteiger partial charge < -0.3 is 10.2 Å². The molecule has 0 aromatic heterocycles. The summed E-state index contributed by atoms with van der Waals surface area (Å²) < 4.78 is 26.6. The van der Waals surface area contributed by atoms with Gasteiger partial charge in [0.05, 0.1) is 5.75 Å². The predicted octanol–water partition coefficient (Wildman–Crippen LogP) is 0.388. The van der Waals surface area contributed by atoms with Crippen molar-refractivity contribution in [2.75, 3.05) is 32.4 Å². The van der Waals surface area contributed by atoms with Gasteiger partial charge in [-0.05, 0) is 39.4 Å². The van der Waals surface area contributed by atoms with Crippen LogP contribution >= 0.6 is 0 Å². The fourth-order valence-electron chi connectivity index (χ4n) is 2.23. The number of hydrogen-bond acceptors (Lipinski definition) is 4. The van der Waals surface area contributed by atoms with Gasteiger partial charge in [-0.15, -0.1) is 0 Å². The van der Waals surface area contributed by atoms with Crippen LogP contribution in [0.15, 0.2) is 0 Å². The van der Waals surface area contributed by atoms with E-state index < -0.39 is 10.0 Å². The summed E-state index contributed by atoms with van der Waals surface area (Å²) >= 11 is 0. The summed E-state index contributed by atoms with van der Waals surface area (Å²) in [6.45, 7) is 6.76. The standard InChI is InChI=1S/C12H27N3O2S/c1-11(2)13-7-5-9-18(16,17)14-12-6-4-8-15(3)10-12/h11-14H,4-10H2,1-3H3. The molecule has 1 aliphatic rings. The van der Waals surface area contributed by atoms with Gasteiger partial charge in [0, 0.05) is 18.6 Å². The molecule has 0 radical (unpaired) electrons. The van der Waals surface area contributed by atoms with Gasteiger partial charge in [0.15, 0.2) is 0 Å². The molecule has 5 nitrogen and oxygen atoms in total. The highest BCUT2D eigenvalue weighted by Gasteiger charge is 2.21. The average molecular weight is 277 g/mol. The topological polar surface area (TPSA) is 61.4 Å². The number of nitrogens with one attached hydrogen (secondary N) is 2. The highest BCUT2D eigenvalue weighted by atomic mass is 32.2. The van der Waals surface area contributed by atoms with Crippen LogP contribution in [0, 0.1) is 0 Å². The minimum atomic E-state index is -3.12. The Kier molecular flexibility index (Phi) is 6.55. The first-order valence-electron chi connectivity index (χ1n) is 6.81. The van der Waals surface area contributed by atoms with Gasteiger partial charge in [0.2, 0.25) is 10.0 Å². The Morgan fingerprint density at radius 1 is 1.39 bits per heavy atom. The molecule has 1 atom stereocenters. The van der Waals surface area contributed by atoms with Crippen LogP contribution in [-0.2, 0) is 10.0 Å². The van der Waals surface area contributed by atoms with Gasteiger partial charge in [-0.25, -0.2) is 13.1 Å². The third-order valence-corrected chi connectivity index (χ3v) is 4.63. The molecule has 1 saturated heterocycles. The Balaban J connectivity index is 2.26. The van der Waals surface area contributed by atoms with Crippen LogP contribution < -0.4 is 10.0 Å². The minimum absolute atomic E-state index is 0.0896. The van der Waals surface area contributed by atoms with Crippen LogP contribution in [0.5, 0.6) is 0 Å². The van der Waals surface area contributed by atoms with Crippen LogP contribution in [0.3, 0.4) is 0 Å². The lowest BCUT2D eigenvalue weighted by Gasteiger charge is -2.30. The molecule has 0 amide bonds. The van der Waals surface area contributed by atoms with E-state index in [1.54, 1.807) is 0 Å². The maximum absolute atomic E-state index is 11.9. The molecular weight excluding hydrogens is 250 g/mol. The van der Waals surface area contributed by atoms with Gasteiger partial charge >= 0.3 is 0 Å². The minimum Gasteiger partial charge on any atom is -0.314 e. The second kappa shape index (κ2) is 7.43. The molecule has 1 heterocycles. The zero-order valence-corrected chi connectivity index (χ0v) is 12.6. The van der Waals surface area contributed by atoms with Crippen molar-refractivity contribution < 1.29 is 8.42 Å². The lowest BCUT2D eigenvalue weighted by atomic mass is 10.1. The Bertz CT molecular complexity index is 330. The van der Waals surface area contributed by atoms with E-state index in [4.69, 9.17) is 0 Å². The van der Waals surface area contributed by atoms with E-state index in [-0.39, 0.29) is 11.8 Å². The second-order valence-electron chi connectivity index (χ2n) is 5.50. The van der Waals surface area contributed by atoms with Crippen LogP contribution in [0.1, 0.15) is 33.1 Å². The quantitative estimate of drug-likeness (QED) is 0.661. The lowest BCUT2D eigenvalue weighted by molar-refractivity contribution is 0.242. The van der Waals surface area contributed by atoms with Gasteiger partial charge in [-0.2, -0.15) is 0 Å². The largest absolute Gasteiger partial charge is 0.314 e. The average Bonchev–Trinajstić information content (AvgIpc) is 2.23. The van der Waals surface area contributed by atoms with E-state index in [1.165, 1.54) is 0 Å².